The monoisotopic (exact) mass is 279 g/mol. The molecule has 1 aromatic heterocycles. The van der Waals surface area contributed by atoms with Gasteiger partial charge in [0.2, 0.25) is 0 Å². The van der Waals surface area contributed by atoms with Crippen molar-refractivity contribution >= 4 is 16.7 Å². The van der Waals surface area contributed by atoms with Gasteiger partial charge in [-0.1, -0.05) is 37.3 Å². The van der Waals surface area contributed by atoms with Gasteiger partial charge in [-0.25, -0.2) is 0 Å². The summed E-state index contributed by atoms with van der Waals surface area (Å²) < 4.78 is 5.95. The van der Waals surface area contributed by atoms with E-state index in [1.54, 1.807) is 0 Å². The van der Waals surface area contributed by atoms with E-state index in [1.807, 2.05) is 12.1 Å². The molecule has 0 saturated heterocycles. The van der Waals surface area contributed by atoms with E-state index in [-0.39, 0.29) is 0 Å². The van der Waals surface area contributed by atoms with Gasteiger partial charge in [0.15, 0.2) is 0 Å². The summed E-state index contributed by atoms with van der Waals surface area (Å²) in [7, 11) is 0. The van der Waals surface area contributed by atoms with Crippen LogP contribution in [0.25, 0.3) is 11.0 Å². The maximum atomic E-state index is 5.95. The molecule has 0 radical (unpaired) electrons. The summed E-state index contributed by atoms with van der Waals surface area (Å²) in [5.74, 6) is 1.08. The first kappa shape index (κ1) is 13.7. The number of fused-ring (bicyclic) bond motifs is 1. The predicted octanol–water partition coefficient (Wildman–Crippen LogP) is 5.22. The Morgan fingerprint density at radius 2 is 1.86 bits per heavy atom. The van der Waals surface area contributed by atoms with Gasteiger partial charge in [-0.15, -0.1) is 0 Å². The quantitative estimate of drug-likeness (QED) is 0.708. The minimum absolute atomic E-state index is 0.796. The van der Waals surface area contributed by atoms with Crippen molar-refractivity contribution in [3.63, 3.8) is 0 Å². The van der Waals surface area contributed by atoms with E-state index in [4.69, 9.17) is 4.42 Å². The molecule has 0 spiro atoms. The van der Waals surface area contributed by atoms with Gasteiger partial charge in [0.05, 0.1) is 0 Å². The Morgan fingerprint density at radius 1 is 1.05 bits per heavy atom. The zero-order valence-electron chi connectivity index (χ0n) is 12.9. The van der Waals surface area contributed by atoms with E-state index < -0.39 is 0 Å². The SMILES string of the molecule is CCc1oc2ccccc2c1CNc1cc(C)ccc1C. The molecule has 108 valence electrons. The first-order valence-electron chi connectivity index (χ1n) is 7.49. The largest absolute Gasteiger partial charge is 0.461 e. The fourth-order valence-corrected chi connectivity index (χ4v) is 2.74. The number of para-hydroxylation sites is 1. The number of nitrogens with one attached hydrogen (secondary N) is 1. The summed E-state index contributed by atoms with van der Waals surface area (Å²) in [6, 6.07) is 14.8. The lowest BCUT2D eigenvalue weighted by Crippen LogP contribution is -2.02. The molecular formula is C19H21NO. The molecule has 3 rings (SSSR count). The van der Waals surface area contributed by atoms with E-state index in [2.05, 4.69) is 56.4 Å². The topological polar surface area (TPSA) is 25.2 Å². The second-order valence-corrected chi connectivity index (χ2v) is 5.53. The molecule has 0 fully saturated rings. The smallest absolute Gasteiger partial charge is 0.134 e. The van der Waals surface area contributed by atoms with Crippen LogP contribution in [0.2, 0.25) is 0 Å². The van der Waals surface area contributed by atoms with Crippen molar-refractivity contribution in [1.82, 2.24) is 0 Å². The van der Waals surface area contributed by atoms with Gasteiger partial charge in [0.25, 0.3) is 0 Å². The van der Waals surface area contributed by atoms with Crippen molar-refractivity contribution in [3.05, 3.63) is 64.9 Å². The zero-order chi connectivity index (χ0) is 14.8. The van der Waals surface area contributed by atoms with Crippen LogP contribution >= 0.6 is 0 Å². The molecule has 0 aliphatic heterocycles. The molecule has 1 N–H and O–H groups in total. The van der Waals surface area contributed by atoms with Crippen molar-refractivity contribution < 1.29 is 4.42 Å². The van der Waals surface area contributed by atoms with Crippen molar-refractivity contribution in [2.45, 2.75) is 33.7 Å². The summed E-state index contributed by atoms with van der Waals surface area (Å²) in [5.41, 5.74) is 5.99. The molecule has 0 saturated carbocycles. The summed E-state index contributed by atoms with van der Waals surface area (Å²) in [6.07, 6.45) is 0.915. The highest BCUT2D eigenvalue weighted by Gasteiger charge is 2.12. The Kier molecular flexibility index (Phi) is 3.70. The lowest BCUT2D eigenvalue weighted by atomic mass is 10.1. The highest BCUT2D eigenvalue weighted by atomic mass is 16.3. The van der Waals surface area contributed by atoms with Crippen LogP contribution in [0.15, 0.2) is 46.9 Å². The Hall–Kier alpha value is -2.22. The maximum Gasteiger partial charge on any atom is 0.134 e. The number of aryl methyl sites for hydroxylation is 3. The van der Waals surface area contributed by atoms with Crippen molar-refractivity contribution in [2.24, 2.45) is 0 Å². The van der Waals surface area contributed by atoms with Gasteiger partial charge in [-0.2, -0.15) is 0 Å². The third kappa shape index (κ3) is 2.66. The minimum atomic E-state index is 0.796. The summed E-state index contributed by atoms with van der Waals surface area (Å²) in [6.45, 7) is 7.19. The van der Waals surface area contributed by atoms with Crippen LogP contribution in [-0.2, 0) is 13.0 Å². The highest BCUT2D eigenvalue weighted by molar-refractivity contribution is 5.82. The molecule has 0 amide bonds. The van der Waals surface area contributed by atoms with Gasteiger partial charge in [0.1, 0.15) is 11.3 Å². The summed E-state index contributed by atoms with van der Waals surface area (Å²) in [5, 5.41) is 4.78. The Balaban J connectivity index is 1.93. The molecule has 2 aromatic carbocycles. The Morgan fingerprint density at radius 3 is 2.67 bits per heavy atom. The zero-order valence-corrected chi connectivity index (χ0v) is 12.9. The molecule has 0 bridgehead atoms. The molecule has 1 heterocycles. The molecule has 2 nitrogen and oxygen atoms in total. The van der Waals surface area contributed by atoms with Crippen LogP contribution < -0.4 is 5.32 Å². The van der Waals surface area contributed by atoms with E-state index in [0.29, 0.717) is 0 Å². The first-order chi connectivity index (χ1) is 10.2. The van der Waals surface area contributed by atoms with Crippen LogP contribution in [0, 0.1) is 13.8 Å². The normalized spacial score (nSPS) is 11.0. The number of hydrogen-bond acceptors (Lipinski definition) is 2. The molecule has 3 aromatic rings. The van der Waals surface area contributed by atoms with Crippen LogP contribution in [0.5, 0.6) is 0 Å². The van der Waals surface area contributed by atoms with Gasteiger partial charge in [-0.05, 0) is 37.1 Å². The number of benzene rings is 2. The van der Waals surface area contributed by atoms with Crippen LogP contribution in [0.1, 0.15) is 29.4 Å². The molecule has 21 heavy (non-hydrogen) atoms. The molecule has 0 aliphatic rings. The number of anilines is 1. The maximum absolute atomic E-state index is 5.95. The molecule has 0 unspecified atom stereocenters. The molecule has 2 heteroatoms. The van der Waals surface area contributed by atoms with E-state index in [0.717, 1.165) is 24.3 Å². The van der Waals surface area contributed by atoms with Crippen molar-refractivity contribution in [3.8, 4) is 0 Å². The second kappa shape index (κ2) is 5.65. The highest BCUT2D eigenvalue weighted by Crippen LogP contribution is 2.27. The lowest BCUT2D eigenvalue weighted by molar-refractivity contribution is 0.551. The number of rotatable bonds is 4. The minimum Gasteiger partial charge on any atom is -0.461 e. The van der Waals surface area contributed by atoms with Gasteiger partial charge in [0, 0.05) is 29.6 Å². The predicted molar refractivity (Wildman–Crippen MR) is 88.8 cm³/mol. The van der Waals surface area contributed by atoms with E-state index in [1.165, 1.54) is 27.8 Å². The number of hydrogen-bond donors (Lipinski definition) is 1. The Labute approximate surface area is 125 Å². The van der Waals surface area contributed by atoms with Crippen LogP contribution in [0.3, 0.4) is 0 Å². The summed E-state index contributed by atoms with van der Waals surface area (Å²) in [4.78, 5) is 0. The second-order valence-electron chi connectivity index (χ2n) is 5.53. The van der Waals surface area contributed by atoms with Crippen LogP contribution in [0.4, 0.5) is 5.69 Å². The summed E-state index contributed by atoms with van der Waals surface area (Å²) >= 11 is 0. The fraction of sp³-hybridized carbons (Fsp3) is 0.263. The molecular weight excluding hydrogens is 258 g/mol. The lowest BCUT2D eigenvalue weighted by Gasteiger charge is -2.10. The third-order valence-electron chi connectivity index (χ3n) is 3.95. The molecule has 0 aliphatic carbocycles. The molecule has 0 atom stereocenters. The van der Waals surface area contributed by atoms with E-state index in [9.17, 15) is 0 Å². The van der Waals surface area contributed by atoms with Crippen LogP contribution in [-0.4, -0.2) is 0 Å². The average Bonchev–Trinajstić information content (AvgIpc) is 2.86. The first-order valence-corrected chi connectivity index (χ1v) is 7.49. The third-order valence-corrected chi connectivity index (χ3v) is 3.95. The fourth-order valence-electron chi connectivity index (χ4n) is 2.74. The Bertz CT molecular complexity index is 770. The van der Waals surface area contributed by atoms with Crippen molar-refractivity contribution in [1.29, 1.82) is 0 Å². The van der Waals surface area contributed by atoms with Gasteiger partial charge in [-0.3, -0.25) is 0 Å². The standard InChI is InChI=1S/C19H21NO/c1-4-18-16(15-7-5-6-8-19(15)21-18)12-20-17-11-13(2)9-10-14(17)3/h5-11,20H,4,12H2,1-3H3. The van der Waals surface area contributed by atoms with Gasteiger partial charge >= 0.3 is 0 Å². The van der Waals surface area contributed by atoms with Crippen molar-refractivity contribution in [2.75, 3.05) is 5.32 Å². The average molecular weight is 279 g/mol. The van der Waals surface area contributed by atoms with E-state index >= 15 is 0 Å². The number of furan rings is 1. The van der Waals surface area contributed by atoms with Gasteiger partial charge < -0.3 is 9.73 Å².